The van der Waals surface area contributed by atoms with Crippen molar-refractivity contribution in [2.75, 3.05) is 13.7 Å². The predicted molar refractivity (Wildman–Crippen MR) is 114 cm³/mol. The van der Waals surface area contributed by atoms with E-state index in [2.05, 4.69) is 12.2 Å². The number of ether oxygens (including phenoxy) is 1. The van der Waals surface area contributed by atoms with Crippen LogP contribution in [0.5, 0.6) is 0 Å². The zero-order valence-electron chi connectivity index (χ0n) is 16.4. The van der Waals surface area contributed by atoms with Crippen LogP contribution in [0.3, 0.4) is 0 Å². The molecule has 4 rings (SSSR count). The zero-order valence-corrected chi connectivity index (χ0v) is 17.2. The average molecular weight is 407 g/mol. The van der Waals surface area contributed by atoms with E-state index in [1.807, 2.05) is 43.3 Å². The molecule has 0 saturated heterocycles. The van der Waals surface area contributed by atoms with Gasteiger partial charge in [0, 0.05) is 6.42 Å². The number of fused-ring (bicyclic) bond motifs is 2. The van der Waals surface area contributed by atoms with Crippen LogP contribution >= 0.6 is 0 Å². The van der Waals surface area contributed by atoms with E-state index in [0.29, 0.717) is 6.42 Å². The number of benzene rings is 2. The fourth-order valence-corrected chi connectivity index (χ4v) is 4.40. The molecule has 0 heterocycles. The molecule has 0 amide bonds. The highest BCUT2D eigenvalue weighted by molar-refractivity contribution is 7.86. The SMILES string of the molecule is COC1=CC=C2C(=CC=c3ccccc3=C2COS(=O)(=O)c2ccc(C)cc2)C1. The molecule has 0 spiro atoms. The molecule has 148 valence electrons. The third-order valence-corrected chi connectivity index (χ3v) is 6.43. The molecular formula is C24H22O4S. The zero-order chi connectivity index (χ0) is 20.4. The molecule has 0 aromatic heterocycles. The Kier molecular flexibility index (Phi) is 5.26. The van der Waals surface area contributed by atoms with Crippen LogP contribution in [0, 0.1) is 6.92 Å². The van der Waals surface area contributed by atoms with Crippen molar-refractivity contribution in [3.63, 3.8) is 0 Å². The lowest BCUT2D eigenvalue weighted by molar-refractivity contribution is 0.282. The quantitative estimate of drug-likeness (QED) is 0.716. The lowest BCUT2D eigenvalue weighted by atomic mass is 9.91. The molecule has 0 aliphatic heterocycles. The van der Waals surface area contributed by atoms with E-state index in [4.69, 9.17) is 8.92 Å². The lowest BCUT2D eigenvalue weighted by Gasteiger charge is -2.19. The van der Waals surface area contributed by atoms with Gasteiger partial charge in [-0.3, -0.25) is 4.18 Å². The summed E-state index contributed by atoms with van der Waals surface area (Å²) >= 11 is 0. The van der Waals surface area contributed by atoms with Gasteiger partial charge in [-0.1, -0.05) is 60.2 Å². The number of hydrogen-bond acceptors (Lipinski definition) is 4. The Morgan fingerprint density at radius 1 is 0.931 bits per heavy atom. The maximum atomic E-state index is 12.7. The van der Waals surface area contributed by atoms with Crippen molar-refractivity contribution in [2.24, 2.45) is 0 Å². The van der Waals surface area contributed by atoms with Gasteiger partial charge in [0.2, 0.25) is 0 Å². The van der Waals surface area contributed by atoms with Crippen LogP contribution in [0.25, 0.3) is 11.6 Å². The number of allylic oxidation sites excluding steroid dienone is 4. The highest BCUT2D eigenvalue weighted by Gasteiger charge is 2.22. The Morgan fingerprint density at radius 3 is 2.45 bits per heavy atom. The summed E-state index contributed by atoms with van der Waals surface area (Å²) in [5.41, 5.74) is 3.90. The smallest absolute Gasteiger partial charge is 0.297 e. The molecule has 0 bridgehead atoms. The third kappa shape index (κ3) is 3.97. The van der Waals surface area contributed by atoms with E-state index in [9.17, 15) is 8.42 Å². The molecule has 2 aromatic rings. The fourth-order valence-electron chi connectivity index (χ4n) is 3.53. The van der Waals surface area contributed by atoms with Crippen LogP contribution in [0.2, 0.25) is 0 Å². The molecule has 29 heavy (non-hydrogen) atoms. The van der Waals surface area contributed by atoms with E-state index in [0.717, 1.165) is 38.5 Å². The Balaban J connectivity index is 1.76. The first kappa shape index (κ1) is 19.4. The predicted octanol–water partition coefficient (Wildman–Crippen LogP) is 3.13. The molecule has 4 nitrogen and oxygen atoms in total. The molecular weight excluding hydrogens is 384 g/mol. The van der Waals surface area contributed by atoms with Gasteiger partial charge in [-0.15, -0.1) is 0 Å². The largest absolute Gasteiger partial charge is 0.501 e. The fraction of sp³-hybridized carbons (Fsp3) is 0.167. The van der Waals surface area contributed by atoms with Crippen molar-refractivity contribution >= 4 is 21.8 Å². The first-order valence-corrected chi connectivity index (χ1v) is 10.8. The number of hydrogen-bond donors (Lipinski definition) is 0. The van der Waals surface area contributed by atoms with E-state index in [-0.39, 0.29) is 11.5 Å². The molecule has 0 atom stereocenters. The Morgan fingerprint density at radius 2 is 1.69 bits per heavy atom. The van der Waals surface area contributed by atoms with Crippen LogP contribution in [0.4, 0.5) is 0 Å². The standard InChI is InChI=1S/C24H22O4S/c1-17-7-12-21(13-8-17)29(25,26)28-16-24-22-6-4-3-5-18(22)9-10-19-15-20(27-2)11-14-23(19)24/h3-14H,15-16H2,1-2H3. The monoisotopic (exact) mass is 406 g/mol. The molecule has 0 radical (unpaired) electrons. The van der Waals surface area contributed by atoms with Gasteiger partial charge in [0.05, 0.1) is 24.4 Å². The molecule has 5 heteroatoms. The number of rotatable bonds is 5. The van der Waals surface area contributed by atoms with Crippen molar-refractivity contribution in [2.45, 2.75) is 18.2 Å². The summed E-state index contributed by atoms with van der Waals surface area (Å²) < 4.78 is 36.4. The summed E-state index contributed by atoms with van der Waals surface area (Å²) in [6.07, 6.45) is 8.67. The average Bonchev–Trinajstić information content (AvgIpc) is 2.89. The normalized spacial score (nSPS) is 15.8. The second-order valence-electron chi connectivity index (χ2n) is 7.05. The number of aryl methyl sites for hydroxylation is 1. The highest BCUT2D eigenvalue weighted by Crippen LogP contribution is 2.31. The molecule has 0 saturated carbocycles. The van der Waals surface area contributed by atoms with Crippen molar-refractivity contribution < 1.29 is 17.3 Å². The van der Waals surface area contributed by atoms with E-state index < -0.39 is 10.1 Å². The van der Waals surface area contributed by atoms with Gasteiger partial charge in [0.15, 0.2) is 0 Å². The molecule has 0 N–H and O–H groups in total. The second-order valence-corrected chi connectivity index (χ2v) is 8.66. The van der Waals surface area contributed by atoms with Crippen LogP contribution in [-0.4, -0.2) is 22.1 Å². The van der Waals surface area contributed by atoms with Crippen LogP contribution in [0.15, 0.2) is 88.6 Å². The Hall–Kier alpha value is -2.89. The van der Waals surface area contributed by atoms with Gasteiger partial charge in [0.25, 0.3) is 10.1 Å². The topological polar surface area (TPSA) is 52.6 Å². The summed E-state index contributed by atoms with van der Waals surface area (Å²) in [5, 5.41) is 2.00. The first-order valence-electron chi connectivity index (χ1n) is 9.39. The summed E-state index contributed by atoms with van der Waals surface area (Å²) in [6.45, 7) is 1.87. The van der Waals surface area contributed by atoms with Crippen LogP contribution < -0.4 is 10.4 Å². The molecule has 2 aliphatic rings. The minimum Gasteiger partial charge on any atom is -0.501 e. The molecule has 0 unspecified atom stereocenters. The summed E-state index contributed by atoms with van der Waals surface area (Å²) in [5.74, 6) is 0.868. The van der Waals surface area contributed by atoms with Crippen LogP contribution in [0.1, 0.15) is 12.0 Å². The third-order valence-electron chi connectivity index (χ3n) is 5.15. The maximum absolute atomic E-state index is 12.7. The summed E-state index contributed by atoms with van der Waals surface area (Å²) in [7, 11) is -2.21. The molecule has 0 fully saturated rings. The van der Waals surface area contributed by atoms with E-state index in [1.54, 1.807) is 31.4 Å². The second kappa shape index (κ2) is 7.85. The van der Waals surface area contributed by atoms with Gasteiger partial charge in [0.1, 0.15) is 0 Å². The van der Waals surface area contributed by atoms with Gasteiger partial charge < -0.3 is 4.74 Å². The minimum absolute atomic E-state index is 0.0413. The van der Waals surface area contributed by atoms with Crippen molar-refractivity contribution in [3.05, 3.63) is 99.7 Å². The number of methoxy groups -OCH3 is 1. The van der Waals surface area contributed by atoms with Gasteiger partial charge in [-0.05, 0) is 52.3 Å². The minimum atomic E-state index is -3.86. The molecule has 2 aromatic carbocycles. The summed E-state index contributed by atoms with van der Waals surface area (Å²) in [4.78, 5) is 0.159. The van der Waals surface area contributed by atoms with Crippen molar-refractivity contribution in [1.82, 2.24) is 0 Å². The lowest BCUT2D eigenvalue weighted by Crippen LogP contribution is -2.28. The maximum Gasteiger partial charge on any atom is 0.297 e. The van der Waals surface area contributed by atoms with Crippen LogP contribution in [-0.2, 0) is 19.0 Å². The Bertz CT molecular complexity index is 1260. The summed E-state index contributed by atoms with van der Waals surface area (Å²) in [6, 6.07) is 14.6. The van der Waals surface area contributed by atoms with Gasteiger partial charge in [-0.25, -0.2) is 0 Å². The highest BCUT2D eigenvalue weighted by atomic mass is 32.2. The first-order chi connectivity index (χ1) is 14.0. The van der Waals surface area contributed by atoms with Crippen molar-refractivity contribution in [1.29, 1.82) is 0 Å². The van der Waals surface area contributed by atoms with Gasteiger partial charge >= 0.3 is 0 Å². The Labute approximate surface area is 170 Å². The van der Waals surface area contributed by atoms with E-state index in [1.165, 1.54) is 0 Å². The molecule has 2 aliphatic carbocycles. The van der Waals surface area contributed by atoms with Gasteiger partial charge in [-0.2, -0.15) is 8.42 Å². The van der Waals surface area contributed by atoms with E-state index >= 15 is 0 Å². The van der Waals surface area contributed by atoms with Crippen molar-refractivity contribution in [3.8, 4) is 0 Å².